The number of rotatable bonds is 5. The second-order valence-electron chi connectivity index (χ2n) is 3.18. The Kier molecular flexibility index (Phi) is 6.18. The highest BCUT2D eigenvalue weighted by Gasteiger charge is 2.23. The lowest BCUT2D eigenvalue weighted by Gasteiger charge is -2.15. The highest BCUT2D eigenvalue weighted by atomic mass is 16.5. The zero-order valence-electron chi connectivity index (χ0n) is 9.52. The van der Waals surface area contributed by atoms with E-state index in [4.69, 9.17) is 11.5 Å². The number of hydrogen-bond donors (Lipinski definition) is 3. The highest BCUT2D eigenvalue weighted by molar-refractivity contribution is 5.86. The smallest absolute Gasteiger partial charge is 0.326 e. The van der Waals surface area contributed by atoms with E-state index in [1.54, 1.807) is 6.92 Å². The van der Waals surface area contributed by atoms with Crippen LogP contribution in [0.5, 0.6) is 0 Å². The monoisotopic (exact) mass is 242 g/mol. The van der Waals surface area contributed by atoms with E-state index in [0.717, 1.165) is 7.11 Å². The van der Waals surface area contributed by atoms with Crippen LogP contribution in [0, 0.1) is 12.3 Å². The van der Waals surface area contributed by atoms with Crippen LogP contribution in [-0.2, 0) is 14.3 Å². The molecule has 0 aliphatic heterocycles. The molecule has 1 unspecified atom stereocenters. The average Bonchev–Trinajstić information content (AvgIpc) is 2.27. The SMILES string of the molecule is C#CC(C)NC(=O)N[C@@H](CC(=O)OC)C(=O)O. The van der Waals surface area contributed by atoms with Crippen LogP contribution in [0.2, 0.25) is 0 Å². The van der Waals surface area contributed by atoms with Gasteiger partial charge in [-0.3, -0.25) is 4.79 Å². The molecule has 2 atom stereocenters. The molecule has 0 aromatic heterocycles. The molecule has 0 radical (unpaired) electrons. The minimum Gasteiger partial charge on any atom is -0.480 e. The van der Waals surface area contributed by atoms with E-state index in [0.29, 0.717) is 0 Å². The van der Waals surface area contributed by atoms with E-state index in [-0.39, 0.29) is 0 Å². The van der Waals surface area contributed by atoms with E-state index in [1.807, 2.05) is 0 Å². The van der Waals surface area contributed by atoms with Crippen LogP contribution in [0.15, 0.2) is 0 Å². The third kappa shape index (κ3) is 6.04. The molecule has 2 amide bonds. The summed E-state index contributed by atoms with van der Waals surface area (Å²) >= 11 is 0. The Balaban J connectivity index is 4.36. The number of carboxylic acids is 1. The highest BCUT2D eigenvalue weighted by Crippen LogP contribution is 1.95. The van der Waals surface area contributed by atoms with Crippen LogP contribution in [0.4, 0.5) is 4.79 Å². The third-order valence-electron chi connectivity index (χ3n) is 1.80. The molecule has 7 nitrogen and oxygen atoms in total. The molecule has 0 aliphatic rings. The van der Waals surface area contributed by atoms with Gasteiger partial charge >= 0.3 is 18.0 Å². The number of aliphatic carboxylic acids is 1. The number of carboxylic acid groups (broad SMARTS) is 1. The number of terminal acetylenes is 1. The largest absolute Gasteiger partial charge is 0.480 e. The maximum Gasteiger partial charge on any atom is 0.326 e. The summed E-state index contributed by atoms with van der Waals surface area (Å²) in [5.74, 6) is 0.171. The lowest BCUT2D eigenvalue weighted by Crippen LogP contribution is -2.49. The van der Waals surface area contributed by atoms with E-state index < -0.39 is 36.5 Å². The summed E-state index contributed by atoms with van der Waals surface area (Å²) in [6.07, 6.45) is 4.58. The summed E-state index contributed by atoms with van der Waals surface area (Å²) < 4.78 is 4.31. The molecule has 17 heavy (non-hydrogen) atoms. The molecule has 3 N–H and O–H groups in total. The Morgan fingerprint density at radius 1 is 1.41 bits per heavy atom. The Morgan fingerprint density at radius 2 is 2.00 bits per heavy atom. The Morgan fingerprint density at radius 3 is 2.41 bits per heavy atom. The molecule has 0 aliphatic carbocycles. The van der Waals surface area contributed by atoms with Gasteiger partial charge in [-0.15, -0.1) is 6.42 Å². The van der Waals surface area contributed by atoms with Crippen molar-refractivity contribution >= 4 is 18.0 Å². The summed E-state index contributed by atoms with van der Waals surface area (Å²) in [5, 5.41) is 13.2. The van der Waals surface area contributed by atoms with Crippen LogP contribution in [0.1, 0.15) is 13.3 Å². The normalized spacial score (nSPS) is 12.8. The van der Waals surface area contributed by atoms with Crippen molar-refractivity contribution in [1.29, 1.82) is 0 Å². The lowest BCUT2D eigenvalue weighted by atomic mass is 10.2. The number of methoxy groups -OCH3 is 1. The quantitative estimate of drug-likeness (QED) is 0.438. The minimum absolute atomic E-state index is 0.455. The van der Waals surface area contributed by atoms with Crippen LogP contribution in [0.25, 0.3) is 0 Å². The van der Waals surface area contributed by atoms with Crippen molar-refractivity contribution in [1.82, 2.24) is 10.6 Å². The van der Waals surface area contributed by atoms with Gasteiger partial charge in [0, 0.05) is 0 Å². The topological polar surface area (TPSA) is 105 Å². The zero-order chi connectivity index (χ0) is 13.4. The van der Waals surface area contributed by atoms with Crippen LogP contribution >= 0.6 is 0 Å². The van der Waals surface area contributed by atoms with Crippen molar-refractivity contribution in [2.45, 2.75) is 25.4 Å². The van der Waals surface area contributed by atoms with Crippen LogP contribution in [-0.4, -0.2) is 42.3 Å². The lowest BCUT2D eigenvalue weighted by molar-refractivity contribution is -0.147. The Bertz CT molecular complexity index is 347. The number of carbonyl (C=O) groups excluding carboxylic acids is 2. The van der Waals surface area contributed by atoms with Gasteiger partial charge in [-0.2, -0.15) is 0 Å². The van der Waals surface area contributed by atoms with E-state index in [2.05, 4.69) is 21.3 Å². The fourth-order valence-electron chi connectivity index (χ4n) is 0.888. The van der Waals surface area contributed by atoms with Gasteiger partial charge in [-0.05, 0) is 6.92 Å². The Labute approximate surface area is 98.5 Å². The fraction of sp³-hybridized carbons (Fsp3) is 0.500. The van der Waals surface area contributed by atoms with Gasteiger partial charge in [0.25, 0.3) is 0 Å². The van der Waals surface area contributed by atoms with Gasteiger partial charge in [0.1, 0.15) is 6.04 Å². The minimum atomic E-state index is -1.35. The van der Waals surface area contributed by atoms with Gasteiger partial charge in [0.15, 0.2) is 0 Å². The molecule has 0 saturated carbocycles. The van der Waals surface area contributed by atoms with Crippen molar-refractivity contribution in [2.75, 3.05) is 7.11 Å². The molecular formula is C10H14N2O5. The van der Waals surface area contributed by atoms with Gasteiger partial charge < -0.3 is 20.5 Å². The van der Waals surface area contributed by atoms with Crippen LogP contribution < -0.4 is 10.6 Å². The summed E-state index contributed by atoms with van der Waals surface area (Å²) in [4.78, 5) is 32.9. The van der Waals surface area contributed by atoms with E-state index >= 15 is 0 Å². The van der Waals surface area contributed by atoms with Crippen molar-refractivity contribution in [2.24, 2.45) is 0 Å². The van der Waals surface area contributed by atoms with Crippen molar-refractivity contribution in [3.8, 4) is 12.3 Å². The third-order valence-corrected chi connectivity index (χ3v) is 1.80. The first-order valence-electron chi connectivity index (χ1n) is 4.73. The first-order valence-corrected chi connectivity index (χ1v) is 4.73. The first kappa shape index (κ1) is 14.8. The second-order valence-corrected chi connectivity index (χ2v) is 3.18. The molecule has 94 valence electrons. The summed E-state index contributed by atoms with van der Waals surface area (Å²) in [5.41, 5.74) is 0. The van der Waals surface area contributed by atoms with Gasteiger partial charge in [-0.1, -0.05) is 5.92 Å². The average molecular weight is 242 g/mol. The maximum atomic E-state index is 11.3. The molecule has 0 rings (SSSR count). The molecule has 0 spiro atoms. The van der Waals surface area contributed by atoms with E-state index in [9.17, 15) is 14.4 Å². The summed E-state index contributed by atoms with van der Waals surface area (Å²) in [6, 6.07) is -2.65. The Hall–Kier alpha value is -2.23. The summed E-state index contributed by atoms with van der Waals surface area (Å²) in [7, 11) is 1.13. The van der Waals surface area contributed by atoms with Crippen molar-refractivity contribution < 1.29 is 24.2 Å². The second kappa shape index (κ2) is 7.11. The molecule has 0 heterocycles. The number of nitrogens with one attached hydrogen (secondary N) is 2. The summed E-state index contributed by atoms with van der Waals surface area (Å²) in [6.45, 7) is 1.55. The number of amides is 2. The van der Waals surface area contributed by atoms with Gasteiger partial charge in [-0.25, -0.2) is 9.59 Å². The predicted molar refractivity (Wildman–Crippen MR) is 58.0 cm³/mol. The number of carbonyl (C=O) groups is 3. The number of ether oxygens (including phenoxy) is 1. The zero-order valence-corrected chi connectivity index (χ0v) is 9.52. The standard InChI is InChI=1S/C10H14N2O5/c1-4-6(2)11-10(16)12-7(9(14)15)5-8(13)17-3/h1,6-7H,5H2,2-3H3,(H,14,15)(H2,11,12,16)/t6?,7-/m0/s1. The van der Waals surface area contributed by atoms with Crippen molar-refractivity contribution in [3.05, 3.63) is 0 Å². The number of hydrogen-bond acceptors (Lipinski definition) is 4. The maximum absolute atomic E-state index is 11.3. The number of urea groups is 1. The van der Waals surface area contributed by atoms with E-state index in [1.165, 1.54) is 0 Å². The van der Waals surface area contributed by atoms with Crippen molar-refractivity contribution in [3.63, 3.8) is 0 Å². The molecular weight excluding hydrogens is 228 g/mol. The molecule has 0 fully saturated rings. The van der Waals surface area contributed by atoms with Gasteiger partial charge in [0.2, 0.25) is 0 Å². The van der Waals surface area contributed by atoms with Gasteiger partial charge in [0.05, 0.1) is 19.6 Å². The number of esters is 1. The molecule has 7 heteroatoms. The fourth-order valence-corrected chi connectivity index (χ4v) is 0.888. The molecule has 0 aromatic rings. The van der Waals surface area contributed by atoms with Crippen LogP contribution in [0.3, 0.4) is 0 Å². The first-order chi connectivity index (χ1) is 7.90. The molecule has 0 saturated heterocycles. The predicted octanol–water partition coefficient (Wildman–Crippen LogP) is -0.676. The molecule has 0 aromatic carbocycles. The molecule has 0 bridgehead atoms.